The molecule has 0 spiro atoms. The average molecular weight is 215 g/mol. The highest BCUT2D eigenvalue weighted by atomic mass is 16.6. The lowest BCUT2D eigenvalue weighted by Gasteiger charge is -2.06. The molecule has 0 aliphatic rings. The first kappa shape index (κ1) is 13.1. The van der Waals surface area contributed by atoms with Crippen LogP contribution in [0.15, 0.2) is 16.8 Å². The molecule has 1 amide bonds. The van der Waals surface area contributed by atoms with Crippen LogP contribution < -0.4 is 5.73 Å². The van der Waals surface area contributed by atoms with Crippen LogP contribution in [0.5, 0.6) is 0 Å². The minimum Gasteiger partial charge on any atom is -0.410 e. The number of hydrogen-bond donors (Lipinski definition) is 2. The Hall–Kier alpha value is -1.92. The van der Waals surface area contributed by atoms with Gasteiger partial charge in [0.15, 0.2) is 5.71 Å². The van der Waals surface area contributed by atoms with Gasteiger partial charge in [0.1, 0.15) is 0 Å². The van der Waals surface area contributed by atoms with E-state index in [2.05, 4.69) is 5.16 Å². The zero-order valence-electron chi connectivity index (χ0n) is 8.51. The summed E-state index contributed by atoms with van der Waals surface area (Å²) in [6, 6.07) is -0.939. The van der Waals surface area contributed by atoms with E-state index in [1.165, 1.54) is 6.92 Å². The molecule has 0 aromatic carbocycles. The Labute approximate surface area is 86.4 Å². The van der Waals surface area contributed by atoms with Gasteiger partial charge in [-0.15, -0.1) is 0 Å². The fourth-order valence-electron chi connectivity index (χ4n) is 0.978. The van der Waals surface area contributed by atoms with Crippen LogP contribution in [-0.2, 0) is 4.79 Å². The molecule has 1 unspecified atom stereocenters. The van der Waals surface area contributed by atoms with E-state index >= 15 is 0 Å². The van der Waals surface area contributed by atoms with Crippen molar-refractivity contribution < 1.29 is 14.9 Å². The van der Waals surface area contributed by atoms with E-state index in [0.29, 0.717) is 12.0 Å². The van der Waals surface area contributed by atoms with Gasteiger partial charge in [0, 0.05) is 17.4 Å². The first-order valence-electron chi connectivity index (χ1n) is 4.29. The van der Waals surface area contributed by atoms with Crippen molar-refractivity contribution in [2.45, 2.75) is 26.3 Å². The van der Waals surface area contributed by atoms with Crippen LogP contribution >= 0.6 is 0 Å². The molecule has 0 aliphatic heterocycles. The molecule has 7 nitrogen and oxygen atoms in total. The summed E-state index contributed by atoms with van der Waals surface area (Å²) in [4.78, 5) is 20.7. The van der Waals surface area contributed by atoms with Crippen molar-refractivity contribution in [3.05, 3.63) is 21.8 Å². The molecule has 0 aliphatic carbocycles. The largest absolute Gasteiger partial charge is 0.410 e. The minimum absolute atomic E-state index is 0.367. The van der Waals surface area contributed by atoms with Crippen LogP contribution in [0.1, 0.15) is 20.3 Å². The number of carbonyl (C=O) groups excluding carboxylic acids is 1. The first-order chi connectivity index (χ1) is 6.93. The molecule has 1 atom stereocenters. The lowest BCUT2D eigenvalue weighted by atomic mass is 10.0. The van der Waals surface area contributed by atoms with Crippen molar-refractivity contribution in [3.8, 4) is 0 Å². The molecule has 3 N–H and O–H groups in total. The number of carbonyl (C=O) groups is 1. The number of amides is 1. The van der Waals surface area contributed by atoms with Crippen molar-refractivity contribution in [1.82, 2.24) is 0 Å². The van der Waals surface area contributed by atoms with Crippen LogP contribution in [0.4, 0.5) is 0 Å². The van der Waals surface area contributed by atoms with E-state index in [1.54, 1.807) is 6.92 Å². The second-order valence-corrected chi connectivity index (χ2v) is 2.88. The molecule has 0 fully saturated rings. The van der Waals surface area contributed by atoms with E-state index < -0.39 is 16.9 Å². The second kappa shape index (κ2) is 5.74. The van der Waals surface area contributed by atoms with Crippen LogP contribution in [0, 0.1) is 10.1 Å². The third-order valence-electron chi connectivity index (χ3n) is 1.94. The zero-order chi connectivity index (χ0) is 12.0. The predicted molar refractivity (Wildman–Crippen MR) is 53.2 cm³/mol. The summed E-state index contributed by atoms with van der Waals surface area (Å²) in [5.74, 6) is -0.931. The standard InChI is InChI=1S/C8H13N3O4/c1-3-6(5(2)11(14)15)4-7(10-13)8(9)12/h4-5,13H,3H2,1-2H3,(H2,9,12)/b6-4?,10-7+. The average Bonchev–Trinajstić information content (AvgIpc) is 2.18. The van der Waals surface area contributed by atoms with Gasteiger partial charge in [-0.3, -0.25) is 14.9 Å². The van der Waals surface area contributed by atoms with E-state index in [-0.39, 0.29) is 5.71 Å². The summed E-state index contributed by atoms with van der Waals surface area (Å²) in [5, 5.41) is 21.6. The van der Waals surface area contributed by atoms with Crippen molar-refractivity contribution >= 4 is 11.6 Å². The number of nitrogens with two attached hydrogens (primary N) is 1. The van der Waals surface area contributed by atoms with Gasteiger partial charge >= 0.3 is 0 Å². The van der Waals surface area contributed by atoms with Crippen LogP contribution in [-0.4, -0.2) is 27.8 Å². The molecule has 0 rings (SSSR count). The predicted octanol–water partition coefficient (Wildman–Crippen LogP) is 0.304. The summed E-state index contributed by atoms with van der Waals surface area (Å²) >= 11 is 0. The summed E-state index contributed by atoms with van der Waals surface area (Å²) in [6.45, 7) is 3.08. The summed E-state index contributed by atoms with van der Waals surface area (Å²) < 4.78 is 0. The Balaban J connectivity index is 5.03. The third-order valence-corrected chi connectivity index (χ3v) is 1.94. The zero-order valence-corrected chi connectivity index (χ0v) is 8.51. The highest BCUT2D eigenvalue weighted by molar-refractivity contribution is 6.42. The lowest BCUT2D eigenvalue weighted by molar-refractivity contribution is -0.507. The Morgan fingerprint density at radius 3 is 2.53 bits per heavy atom. The highest BCUT2D eigenvalue weighted by Gasteiger charge is 2.19. The quantitative estimate of drug-likeness (QED) is 0.296. The fraction of sp³-hybridized carbons (Fsp3) is 0.500. The normalized spacial score (nSPS) is 14.8. The monoisotopic (exact) mass is 215 g/mol. The SMILES string of the molecule is CCC(=C/C(=N\O)C(N)=O)C(C)[N+](=O)[O-]. The van der Waals surface area contributed by atoms with Gasteiger partial charge in [0.2, 0.25) is 6.04 Å². The van der Waals surface area contributed by atoms with E-state index in [0.717, 1.165) is 6.08 Å². The number of nitrogens with zero attached hydrogens (tertiary/aromatic N) is 2. The first-order valence-corrected chi connectivity index (χ1v) is 4.29. The van der Waals surface area contributed by atoms with Gasteiger partial charge in [0.25, 0.3) is 5.91 Å². The Bertz CT molecular complexity index is 322. The molecule has 0 bridgehead atoms. The van der Waals surface area contributed by atoms with Crippen molar-refractivity contribution in [1.29, 1.82) is 0 Å². The molecular formula is C8H13N3O4. The maximum absolute atomic E-state index is 10.7. The molecular weight excluding hydrogens is 202 g/mol. The molecule has 0 aromatic heterocycles. The minimum atomic E-state index is -0.939. The molecule has 0 heterocycles. The Morgan fingerprint density at radius 2 is 2.27 bits per heavy atom. The molecule has 15 heavy (non-hydrogen) atoms. The molecule has 84 valence electrons. The Kier molecular flexibility index (Phi) is 5.00. The topological polar surface area (TPSA) is 119 Å². The summed E-state index contributed by atoms with van der Waals surface area (Å²) in [5.41, 5.74) is 4.86. The molecule has 0 radical (unpaired) electrons. The maximum atomic E-state index is 10.7. The highest BCUT2D eigenvalue weighted by Crippen LogP contribution is 2.10. The Morgan fingerprint density at radius 1 is 1.73 bits per heavy atom. The van der Waals surface area contributed by atoms with Gasteiger partial charge in [0.05, 0.1) is 0 Å². The van der Waals surface area contributed by atoms with E-state index in [4.69, 9.17) is 10.9 Å². The number of nitro groups is 1. The van der Waals surface area contributed by atoms with Crippen LogP contribution in [0.25, 0.3) is 0 Å². The molecule has 0 saturated heterocycles. The van der Waals surface area contributed by atoms with Crippen LogP contribution in [0.2, 0.25) is 0 Å². The second-order valence-electron chi connectivity index (χ2n) is 2.88. The van der Waals surface area contributed by atoms with Gasteiger partial charge in [-0.05, 0) is 12.5 Å². The fourth-order valence-corrected chi connectivity index (χ4v) is 0.978. The molecule has 0 aromatic rings. The lowest BCUT2D eigenvalue weighted by Crippen LogP contribution is -2.24. The van der Waals surface area contributed by atoms with Gasteiger partial charge in [-0.2, -0.15) is 0 Å². The summed E-state index contributed by atoms with van der Waals surface area (Å²) in [7, 11) is 0. The van der Waals surface area contributed by atoms with Crippen molar-refractivity contribution in [3.63, 3.8) is 0 Å². The van der Waals surface area contributed by atoms with Crippen LogP contribution in [0.3, 0.4) is 0 Å². The number of rotatable bonds is 5. The van der Waals surface area contributed by atoms with Gasteiger partial charge in [-0.1, -0.05) is 12.1 Å². The summed E-state index contributed by atoms with van der Waals surface area (Å²) in [6.07, 6.45) is 1.50. The van der Waals surface area contributed by atoms with E-state index in [9.17, 15) is 14.9 Å². The van der Waals surface area contributed by atoms with Gasteiger partial charge < -0.3 is 10.9 Å². The van der Waals surface area contributed by atoms with Crippen molar-refractivity contribution in [2.24, 2.45) is 10.9 Å². The number of oxime groups is 1. The third kappa shape index (κ3) is 3.75. The van der Waals surface area contributed by atoms with Crippen molar-refractivity contribution in [2.75, 3.05) is 0 Å². The molecule has 7 heteroatoms. The maximum Gasteiger partial charge on any atom is 0.270 e. The van der Waals surface area contributed by atoms with E-state index in [1.807, 2.05) is 0 Å². The number of primary amides is 1. The number of hydrogen-bond acceptors (Lipinski definition) is 5. The molecule has 0 saturated carbocycles. The smallest absolute Gasteiger partial charge is 0.270 e. The van der Waals surface area contributed by atoms with Gasteiger partial charge in [-0.25, -0.2) is 0 Å².